The number of halogens is 2. The molecular formula is C27H38F2N2O5. The van der Waals surface area contributed by atoms with Crippen LogP contribution in [0.3, 0.4) is 0 Å². The number of rotatable bonds is 7. The summed E-state index contributed by atoms with van der Waals surface area (Å²) in [5.74, 6) is -3.84. The molecule has 7 nitrogen and oxygen atoms in total. The molecule has 0 N–H and O–H groups in total. The molecule has 2 aliphatic heterocycles. The van der Waals surface area contributed by atoms with Crippen LogP contribution < -0.4 is 0 Å². The van der Waals surface area contributed by atoms with E-state index in [2.05, 4.69) is 0 Å². The van der Waals surface area contributed by atoms with Gasteiger partial charge in [0, 0.05) is 43.9 Å². The highest BCUT2D eigenvalue weighted by molar-refractivity contribution is 5.69. The fourth-order valence-corrected chi connectivity index (χ4v) is 4.85. The van der Waals surface area contributed by atoms with Gasteiger partial charge in [0.05, 0.1) is 0 Å². The van der Waals surface area contributed by atoms with Crippen LogP contribution in [0, 0.1) is 11.3 Å². The van der Waals surface area contributed by atoms with Crippen molar-refractivity contribution in [3.05, 3.63) is 35.9 Å². The Morgan fingerprint density at radius 2 is 1.67 bits per heavy atom. The molecule has 2 saturated heterocycles. The van der Waals surface area contributed by atoms with E-state index in [1.54, 1.807) is 25.7 Å². The van der Waals surface area contributed by atoms with Gasteiger partial charge in [0.2, 0.25) is 0 Å². The third-order valence-corrected chi connectivity index (χ3v) is 7.10. The Labute approximate surface area is 212 Å². The van der Waals surface area contributed by atoms with Crippen molar-refractivity contribution in [1.29, 1.82) is 0 Å². The van der Waals surface area contributed by atoms with Crippen LogP contribution in [0.1, 0.15) is 64.9 Å². The van der Waals surface area contributed by atoms with Crippen molar-refractivity contribution in [2.45, 2.75) is 77.4 Å². The summed E-state index contributed by atoms with van der Waals surface area (Å²) in [5, 5.41) is 0. The molecule has 2 fully saturated rings. The number of aldehydes is 1. The van der Waals surface area contributed by atoms with E-state index in [0.717, 1.165) is 11.8 Å². The lowest BCUT2D eigenvalue weighted by Crippen LogP contribution is -2.50. The van der Waals surface area contributed by atoms with Gasteiger partial charge >= 0.3 is 12.2 Å². The number of ether oxygens (including phenoxy) is 2. The maximum absolute atomic E-state index is 14.6. The summed E-state index contributed by atoms with van der Waals surface area (Å²) in [4.78, 5) is 39.8. The first-order valence-corrected chi connectivity index (χ1v) is 12.7. The van der Waals surface area contributed by atoms with E-state index in [0.29, 0.717) is 38.8 Å². The van der Waals surface area contributed by atoms with Gasteiger partial charge in [0.1, 0.15) is 18.5 Å². The third-order valence-electron chi connectivity index (χ3n) is 7.10. The minimum absolute atomic E-state index is 0.0348. The Bertz CT molecular complexity index is 895. The number of benzene rings is 1. The zero-order chi connectivity index (χ0) is 26.4. The van der Waals surface area contributed by atoms with Gasteiger partial charge in [-0.05, 0) is 52.0 Å². The Kier molecular flexibility index (Phi) is 8.95. The molecule has 1 aromatic rings. The lowest BCUT2D eigenvalue weighted by molar-refractivity contribution is -0.120. The van der Waals surface area contributed by atoms with Crippen LogP contribution in [0.25, 0.3) is 0 Å². The number of likely N-dealkylation sites (tertiary alicyclic amines) is 2. The Morgan fingerprint density at radius 1 is 1.03 bits per heavy atom. The van der Waals surface area contributed by atoms with Gasteiger partial charge in [-0.25, -0.2) is 18.4 Å². The van der Waals surface area contributed by atoms with Crippen LogP contribution in [0.15, 0.2) is 30.3 Å². The summed E-state index contributed by atoms with van der Waals surface area (Å²) in [5.41, 5.74) is -0.425. The topological polar surface area (TPSA) is 76.2 Å². The van der Waals surface area contributed by atoms with Gasteiger partial charge < -0.3 is 24.1 Å². The zero-order valence-electron chi connectivity index (χ0n) is 21.5. The number of amides is 2. The van der Waals surface area contributed by atoms with Crippen molar-refractivity contribution in [3.63, 3.8) is 0 Å². The highest BCUT2D eigenvalue weighted by atomic mass is 19.3. The number of carbonyl (C=O) groups excluding carboxylic acids is 3. The predicted molar refractivity (Wildman–Crippen MR) is 131 cm³/mol. The summed E-state index contributed by atoms with van der Waals surface area (Å²) >= 11 is 0. The molecular weight excluding hydrogens is 470 g/mol. The van der Waals surface area contributed by atoms with Crippen molar-refractivity contribution in [2.24, 2.45) is 11.3 Å². The first-order chi connectivity index (χ1) is 16.9. The monoisotopic (exact) mass is 508 g/mol. The molecule has 0 bridgehead atoms. The quantitative estimate of drug-likeness (QED) is 0.444. The number of alkyl halides is 2. The molecule has 0 radical (unpaired) electrons. The lowest BCUT2D eigenvalue weighted by atomic mass is 9.75. The average Bonchev–Trinajstić information content (AvgIpc) is 2.83. The van der Waals surface area contributed by atoms with E-state index in [4.69, 9.17) is 9.47 Å². The molecule has 36 heavy (non-hydrogen) atoms. The van der Waals surface area contributed by atoms with Crippen molar-refractivity contribution in [3.8, 4) is 0 Å². The highest BCUT2D eigenvalue weighted by Gasteiger charge is 2.46. The summed E-state index contributed by atoms with van der Waals surface area (Å²) in [6, 6.07) is 9.40. The smallest absolute Gasteiger partial charge is 0.410 e. The van der Waals surface area contributed by atoms with Crippen LogP contribution in [0.5, 0.6) is 0 Å². The molecule has 0 spiro atoms. The van der Waals surface area contributed by atoms with Crippen LogP contribution in [0.2, 0.25) is 0 Å². The average molecular weight is 509 g/mol. The van der Waals surface area contributed by atoms with Gasteiger partial charge in [-0.3, -0.25) is 0 Å². The molecule has 2 heterocycles. The second-order valence-electron chi connectivity index (χ2n) is 11.0. The van der Waals surface area contributed by atoms with Gasteiger partial charge in [-0.15, -0.1) is 0 Å². The molecule has 9 heteroatoms. The Morgan fingerprint density at radius 3 is 2.28 bits per heavy atom. The van der Waals surface area contributed by atoms with Gasteiger partial charge in [-0.2, -0.15) is 0 Å². The third kappa shape index (κ3) is 7.64. The minimum atomic E-state index is -2.86. The molecule has 0 saturated carbocycles. The van der Waals surface area contributed by atoms with Gasteiger partial charge in [-0.1, -0.05) is 36.8 Å². The molecule has 2 amide bonds. The fraction of sp³-hybridized carbons (Fsp3) is 0.667. The van der Waals surface area contributed by atoms with E-state index in [-0.39, 0.29) is 26.1 Å². The molecule has 1 aromatic carbocycles. The number of hydrogen-bond donors (Lipinski definition) is 0. The summed E-state index contributed by atoms with van der Waals surface area (Å²) in [6.07, 6.45) is 1.62. The molecule has 0 aromatic heterocycles. The lowest BCUT2D eigenvalue weighted by Gasteiger charge is -2.40. The molecule has 3 rings (SSSR count). The Hall–Kier alpha value is -2.71. The maximum Gasteiger partial charge on any atom is 0.410 e. The molecule has 2 aliphatic rings. The molecule has 1 unspecified atom stereocenters. The first kappa shape index (κ1) is 27.9. The van der Waals surface area contributed by atoms with E-state index >= 15 is 0 Å². The van der Waals surface area contributed by atoms with Gasteiger partial charge in [0.25, 0.3) is 5.92 Å². The maximum atomic E-state index is 14.6. The van der Waals surface area contributed by atoms with Crippen LogP contribution in [-0.4, -0.2) is 66.0 Å². The largest absolute Gasteiger partial charge is 0.445 e. The number of carbonyl (C=O) groups is 3. The van der Waals surface area contributed by atoms with Crippen LogP contribution in [-0.2, 0) is 20.9 Å². The number of hydrogen-bond acceptors (Lipinski definition) is 5. The van der Waals surface area contributed by atoms with Crippen LogP contribution >= 0.6 is 0 Å². The zero-order valence-corrected chi connectivity index (χ0v) is 21.5. The highest BCUT2D eigenvalue weighted by Crippen LogP contribution is 2.40. The fourth-order valence-electron chi connectivity index (χ4n) is 4.85. The van der Waals surface area contributed by atoms with Crippen molar-refractivity contribution in [1.82, 2.24) is 9.80 Å². The Balaban J connectivity index is 1.47. The van der Waals surface area contributed by atoms with Crippen molar-refractivity contribution in [2.75, 3.05) is 26.2 Å². The standard InChI is InChI=1S/C27H38F2N2O5/c1-25(2,3)36-24(34)31-17-14-27(28,29)22(18-31)10-7-11-26(20-32)12-15-30(16-13-26)23(33)35-19-21-8-5-4-6-9-21/h4-6,8-9,20,22H,7,10-19H2,1-3H3. The van der Waals surface area contributed by atoms with E-state index in [1.807, 2.05) is 30.3 Å². The SMILES string of the molecule is CC(C)(C)OC(=O)N1CCC(F)(F)C(CCCC2(C=O)CCN(C(=O)OCc3ccccc3)CC2)C1. The second kappa shape index (κ2) is 11.6. The number of nitrogens with zero attached hydrogens (tertiary/aromatic N) is 2. The van der Waals surface area contributed by atoms with E-state index < -0.39 is 41.5 Å². The van der Waals surface area contributed by atoms with E-state index in [1.165, 1.54) is 4.90 Å². The molecule has 200 valence electrons. The molecule has 0 aliphatic carbocycles. The number of piperidine rings is 2. The van der Waals surface area contributed by atoms with Crippen molar-refractivity contribution < 1.29 is 32.6 Å². The summed E-state index contributed by atoms with van der Waals surface area (Å²) in [7, 11) is 0. The summed E-state index contributed by atoms with van der Waals surface area (Å²) in [6.45, 7) is 6.10. The molecule has 1 atom stereocenters. The normalized spacial score (nSPS) is 21.5. The minimum Gasteiger partial charge on any atom is -0.445 e. The van der Waals surface area contributed by atoms with Crippen LogP contribution in [0.4, 0.5) is 18.4 Å². The van der Waals surface area contributed by atoms with Crippen molar-refractivity contribution >= 4 is 18.5 Å². The predicted octanol–water partition coefficient (Wildman–Crippen LogP) is 5.67. The van der Waals surface area contributed by atoms with Gasteiger partial charge in [0.15, 0.2) is 0 Å². The van der Waals surface area contributed by atoms with E-state index in [9.17, 15) is 23.2 Å². The summed E-state index contributed by atoms with van der Waals surface area (Å²) < 4.78 is 40.0. The first-order valence-electron chi connectivity index (χ1n) is 12.7. The second-order valence-corrected chi connectivity index (χ2v) is 11.0.